The van der Waals surface area contributed by atoms with E-state index in [2.05, 4.69) is 5.32 Å². The molecule has 1 N–H and O–H groups in total. The minimum Gasteiger partial charge on any atom is -0.378 e. The Labute approximate surface area is 128 Å². The number of amides is 1. The van der Waals surface area contributed by atoms with Crippen molar-refractivity contribution in [3.8, 4) is 0 Å². The monoisotopic (exact) mass is 299 g/mol. The van der Waals surface area contributed by atoms with Crippen LogP contribution in [0.15, 0.2) is 42.5 Å². The van der Waals surface area contributed by atoms with Gasteiger partial charge in [-0.2, -0.15) is 0 Å². The Hall–Kier alpha value is -2.89. The number of rotatable bonds is 4. The summed E-state index contributed by atoms with van der Waals surface area (Å²) in [7, 11) is 3.84. The molecule has 2 aromatic carbocycles. The standard InChI is InChI=1S/C16H17N3O3/c1-11-4-7-14(19(21)22)10-15(11)17-16(20)12-5-8-13(9-6-12)18(2)3/h4-10H,1-3H3,(H,17,20). The average Bonchev–Trinajstić information content (AvgIpc) is 2.49. The van der Waals surface area contributed by atoms with Crippen LogP contribution in [0.5, 0.6) is 0 Å². The molecule has 2 aromatic rings. The van der Waals surface area contributed by atoms with Gasteiger partial charge in [0.25, 0.3) is 11.6 Å². The number of carbonyl (C=O) groups is 1. The number of hydrogen-bond acceptors (Lipinski definition) is 4. The molecule has 0 saturated heterocycles. The number of nitro groups is 1. The van der Waals surface area contributed by atoms with E-state index in [0.717, 1.165) is 11.3 Å². The molecule has 0 heterocycles. The number of nitrogens with zero attached hydrogens (tertiary/aromatic N) is 2. The molecule has 0 fully saturated rings. The first kappa shape index (κ1) is 15.5. The number of carbonyl (C=O) groups excluding carboxylic acids is 1. The summed E-state index contributed by atoms with van der Waals surface area (Å²) in [5, 5.41) is 13.5. The molecule has 1 amide bonds. The Kier molecular flexibility index (Phi) is 4.41. The van der Waals surface area contributed by atoms with Gasteiger partial charge in [-0.1, -0.05) is 6.07 Å². The van der Waals surface area contributed by atoms with Crippen molar-refractivity contribution >= 4 is 23.0 Å². The highest BCUT2D eigenvalue weighted by molar-refractivity contribution is 6.05. The molecule has 22 heavy (non-hydrogen) atoms. The second-order valence-corrected chi connectivity index (χ2v) is 5.15. The van der Waals surface area contributed by atoms with Gasteiger partial charge in [-0.05, 0) is 36.8 Å². The van der Waals surface area contributed by atoms with E-state index in [1.54, 1.807) is 25.1 Å². The Morgan fingerprint density at radius 2 is 1.77 bits per heavy atom. The zero-order chi connectivity index (χ0) is 16.3. The number of anilines is 2. The van der Waals surface area contributed by atoms with Crippen molar-refractivity contribution < 1.29 is 9.72 Å². The summed E-state index contributed by atoms with van der Waals surface area (Å²) < 4.78 is 0. The minimum absolute atomic E-state index is 0.0520. The molecule has 0 aliphatic carbocycles. The number of non-ortho nitro benzene ring substituents is 1. The molecule has 0 aliphatic rings. The lowest BCUT2D eigenvalue weighted by Gasteiger charge is -2.13. The van der Waals surface area contributed by atoms with Crippen LogP contribution in [0.1, 0.15) is 15.9 Å². The predicted octanol–water partition coefficient (Wildman–Crippen LogP) is 3.22. The van der Waals surface area contributed by atoms with Crippen LogP contribution in [-0.2, 0) is 0 Å². The van der Waals surface area contributed by atoms with Crippen molar-refractivity contribution in [2.45, 2.75) is 6.92 Å². The van der Waals surface area contributed by atoms with E-state index in [0.29, 0.717) is 11.3 Å². The van der Waals surface area contributed by atoms with Crippen LogP contribution in [0.25, 0.3) is 0 Å². The number of nitrogens with one attached hydrogen (secondary N) is 1. The minimum atomic E-state index is -0.485. The predicted molar refractivity (Wildman–Crippen MR) is 86.6 cm³/mol. The fourth-order valence-electron chi connectivity index (χ4n) is 1.96. The number of benzene rings is 2. The first-order valence-electron chi connectivity index (χ1n) is 6.72. The van der Waals surface area contributed by atoms with Crippen molar-refractivity contribution in [2.24, 2.45) is 0 Å². The molecule has 6 heteroatoms. The van der Waals surface area contributed by atoms with Crippen LogP contribution in [0.2, 0.25) is 0 Å². The highest BCUT2D eigenvalue weighted by atomic mass is 16.6. The van der Waals surface area contributed by atoms with Gasteiger partial charge in [-0.25, -0.2) is 0 Å². The maximum Gasteiger partial charge on any atom is 0.271 e. The van der Waals surface area contributed by atoms with E-state index in [1.165, 1.54) is 12.1 Å². The molecule has 0 aliphatic heterocycles. The first-order valence-corrected chi connectivity index (χ1v) is 6.72. The lowest BCUT2D eigenvalue weighted by atomic mass is 10.1. The summed E-state index contributed by atoms with van der Waals surface area (Å²) in [5.74, 6) is -0.297. The SMILES string of the molecule is Cc1ccc([N+](=O)[O-])cc1NC(=O)c1ccc(N(C)C)cc1. The topological polar surface area (TPSA) is 75.5 Å². The molecule has 2 rings (SSSR count). The maximum atomic E-state index is 12.2. The second kappa shape index (κ2) is 6.26. The lowest BCUT2D eigenvalue weighted by molar-refractivity contribution is -0.384. The molecular formula is C16H17N3O3. The van der Waals surface area contributed by atoms with Crippen LogP contribution < -0.4 is 10.2 Å². The smallest absolute Gasteiger partial charge is 0.271 e. The van der Waals surface area contributed by atoms with Crippen molar-refractivity contribution in [1.29, 1.82) is 0 Å². The largest absolute Gasteiger partial charge is 0.378 e. The van der Waals surface area contributed by atoms with Crippen LogP contribution in [-0.4, -0.2) is 24.9 Å². The summed E-state index contributed by atoms with van der Waals surface area (Å²) in [6, 6.07) is 11.5. The molecule has 0 spiro atoms. The molecule has 114 valence electrons. The van der Waals surface area contributed by atoms with Crippen molar-refractivity contribution in [2.75, 3.05) is 24.3 Å². The van der Waals surface area contributed by atoms with Gasteiger partial charge < -0.3 is 10.2 Å². The maximum absolute atomic E-state index is 12.2. The third-order valence-electron chi connectivity index (χ3n) is 3.33. The van der Waals surface area contributed by atoms with Crippen LogP contribution in [0.3, 0.4) is 0 Å². The van der Waals surface area contributed by atoms with Crippen LogP contribution in [0, 0.1) is 17.0 Å². The van der Waals surface area contributed by atoms with E-state index in [9.17, 15) is 14.9 Å². The third-order valence-corrected chi connectivity index (χ3v) is 3.33. The van der Waals surface area contributed by atoms with Crippen LogP contribution >= 0.6 is 0 Å². The molecule has 0 saturated carbocycles. The second-order valence-electron chi connectivity index (χ2n) is 5.15. The lowest BCUT2D eigenvalue weighted by Crippen LogP contribution is -2.14. The Morgan fingerprint density at radius 3 is 2.32 bits per heavy atom. The van der Waals surface area contributed by atoms with E-state index >= 15 is 0 Å². The highest BCUT2D eigenvalue weighted by Gasteiger charge is 2.12. The zero-order valence-corrected chi connectivity index (χ0v) is 12.7. The Bertz CT molecular complexity index is 709. The van der Waals surface area contributed by atoms with E-state index in [1.807, 2.05) is 31.1 Å². The zero-order valence-electron chi connectivity index (χ0n) is 12.7. The van der Waals surface area contributed by atoms with Gasteiger partial charge in [0.05, 0.1) is 10.6 Å². The Balaban J connectivity index is 2.21. The summed E-state index contributed by atoms with van der Waals surface area (Å²) in [6.07, 6.45) is 0. The van der Waals surface area contributed by atoms with Gasteiger partial charge in [0, 0.05) is 37.5 Å². The quantitative estimate of drug-likeness (QED) is 0.694. The number of nitro benzene ring substituents is 1. The molecule has 0 radical (unpaired) electrons. The van der Waals surface area contributed by atoms with Gasteiger partial charge in [0.1, 0.15) is 0 Å². The summed E-state index contributed by atoms with van der Waals surface area (Å²) in [5.41, 5.74) is 2.64. The summed E-state index contributed by atoms with van der Waals surface area (Å²) >= 11 is 0. The van der Waals surface area contributed by atoms with Crippen molar-refractivity contribution in [3.63, 3.8) is 0 Å². The molecular weight excluding hydrogens is 282 g/mol. The van der Waals surface area contributed by atoms with Gasteiger partial charge in [-0.3, -0.25) is 14.9 Å². The van der Waals surface area contributed by atoms with E-state index in [4.69, 9.17) is 0 Å². The van der Waals surface area contributed by atoms with Crippen LogP contribution in [0.4, 0.5) is 17.1 Å². The van der Waals surface area contributed by atoms with Gasteiger partial charge >= 0.3 is 0 Å². The summed E-state index contributed by atoms with van der Waals surface area (Å²) in [4.78, 5) is 24.5. The molecule has 0 aromatic heterocycles. The highest BCUT2D eigenvalue weighted by Crippen LogP contribution is 2.22. The van der Waals surface area contributed by atoms with Crippen molar-refractivity contribution in [1.82, 2.24) is 0 Å². The summed E-state index contributed by atoms with van der Waals surface area (Å²) in [6.45, 7) is 1.79. The molecule has 0 unspecified atom stereocenters. The fraction of sp³-hybridized carbons (Fsp3) is 0.188. The first-order chi connectivity index (χ1) is 10.4. The third kappa shape index (κ3) is 3.41. The normalized spacial score (nSPS) is 10.1. The van der Waals surface area contributed by atoms with Gasteiger partial charge in [0.15, 0.2) is 0 Å². The average molecular weight is 299 g/mol. The Morgan fingerprint density at radius 1 is 1.14 bits per heavy atom. The molecule has 0 atom stereocenters. The van der Waals surface area contributed by atoms with Gasteiger partial charge in [0.2, 0.25) is 0 Å². The fourth-order valence-corrected chi connectivity index (χ4v) is 1.96. The van der Waals surface area contributed by atoms with Gasteiger partial charge in [-0.15, -0.1) is 0 Å². The number of aryl methyl sites for hydroxylation is 1. The van der Waals surface area contributed by atoms with Crippen molar-refractivity contribution in [3.05, 3.63) is 63.7 Å². The van der Waals surface area contributed by atoms with E-state index in [-0.39, 0.29) is 11.6 Å². The molecule has 6 nitrogen and oxygen atoms in total. The molecule has 0 bridgehead atoms. The number of hydrogen-bond donors (Lipinski definition) is 1. The van der Waals surface area contributed by atoms with E-state index < -0.39 is 4.92 Å².